The summed E-state index contributed by atoms with van der Waals surface area (Å²) < 4.78 is 10.5. The molecule has 0 amide bonds. The van der Waals surface area contributed by atoms with Crippen LogP contribution in [0.15, 0.2) is 46.2 Å². The molecule has 1 unspecified atom stereocenters. The fourth-order valence-electron chi connectivity index (χ4n) is 2.97. The Labute approximate surface area is 152 Å². The van der Waals surface area contributed by atoms with Gasteiger partial charge in [0.1, 0.15) is 5.75 Å². The van der Waals surface area contributed by atoms with Gasteiger partial charge in [0.05, 0.1) is 25.3 Å². The van der Waals surface area contributed by atoms with Crippen LogP contribution < -0.4 is 20.3 Å². The molecule has 2 heterocycles. The van der Waals surface area contributed by atoms with E-state index in [1.807, 2.05) is 24.3 Å². The predicted molar refractivity (Wildman–Crippen MR) is 101 cm³/mol. The van der Waals surface area contributed by atoms with E-state index >= 15 is 0 Å². The van der Waals surface area contributed by atoms with E-state index in [1.54, 1.807) is 26.7 Å². The van der Waals surface area contributed by atoms with Gasteiger partial charge in [-0.2, -0.15) is 0 Å². The average Bonchev–Trinajstić information content (AvgIpc) is 3.30. The van der Waals surface area contributed by atoms with Crippen LogP contribution in [0.2, 0.25) is 5.02 Å². The molecule has 3 rings (SSSR count). The Morgan fingerprint density at radius 1 is 1.44 bits per heavy atom. The minimum Gasteiger partial charge on any atom is -0.495 e. The molecule has 1 saturated heterocycles. The van der Waals surface area contributed by atoms with E-state index < -0.39 is 0 Å². The molecule has 1 fully saturated rings. The first-order chi connectivity index (χ1) is 12.2. The molecule has 1 aromatic heterocycles. The maximum absolute atomic E-state index is 6.15. The molecule has 0 spiro atoms. The largest absolute Gasteiger partial charge is 0.495 e. The molecule has 1 aliphatic rings. The van der Waals surface area contributed by atoms with E-state index in [1.165, 1.54) is 0 Å². The highest BCUT2D eigenvalue weighted by atomic mass is 35.5. The van der Waals surface area contributed by atoms with E-state index in [0.29, 0.717) is 17.6 Å². The molecule has 2 aromatic rings. The Balaban J connectivity index is 1.58. The Hall–Kier alpha value is -2.34. The zero-order valence-corrected chi connectivity index (χ0v) is 15.2. The second kappa shape index (κ2) is 8.16. The molecule has 25 heavy (non-hydrogen) atoms. The predicted octanol–water partition coefficient (Wildman–Crippen LogP) is 2.89. The summed E-state index contributed by atoms with van der Waals surface area (Å²) in [6.07, 6.45) is 4.41. The van der Waals surface area contributed by atoms with Crippen LogP contribution >= 0.6 is 11.6 Å². The monoisotopic (exact) mass is 362 g/mol. The number of anilines is 1. The van der Waals surface area contributed by atoms with E-state index in [0.717, 1.165) is 42.5 Å². The lowest BCUT2D eigenvalue weighted by atomic mass is 10.2. The molecular weight excluding hydrogens is 340 g/mol. The Kier molecular flexibility index (Phi) is 5.71. The van der Waals surface area contributed by atoms with Crippen LogP contribution in [-0.2, 0) is 6.54 Å². The van der Waals surface area contributed by atoms with Crippen molar-refractivity contribution in [3.8, 4) is 5.75 Å². The summed E-state index contributed by atoms with van der Waals surface area (Å²) in [5, 5.41) is 7.49. The Bertz CT molecular complexity index is 718. The number of furan rings is 1. The number of halogens is 1. The number of nitrogens with one attached hydrogen (secondary N) is 2. The van der Waals surface area contributed by atoms with Gasteiger partial charge in [-0.05, 0) is 30.7 Å². The number of benzene rings is 1. The van der Waals surface area contributed by atoms with Crippen molar-refractivity contribution in [2.24, 2.45) is 4.99 Å². The topological polar surface area (TPSA) is 62.0 Å². The molecule has 0 bridgehead atoms. The van der Waals surface area contributed by atoms with E-state index in [9.17, 15) is 0 Å². The molecule has 7 heteroatoms. The molecule has 1 aliphatic heterocycles. The molecular formula is C18H23ClN4O2. The smallest absolute Gasteiger partial charge is 0.191 e. The third-order valence-corrected chi connectivity index (χ3v) is 4.51. The highest BCUT2D eigenvalue weighted by Gasteiger charge is 2.25. The lowest BCUT2D eigenvalue weighted by molar-refractivity contribution is 0.415. The van der Waals surface area contributed by atoms with Crippen molar-refractivity contribution in [2.45, 2.75) is 19.0 Å². The molecule has 1 aromatic carbocycles. The third-order valence-electron chi connectivity index (χ3n) is 4.27. The lowest BCUT2D eigenvalue weighted by Gasteiger charge is -2.22. The van der Waals surface area contributed by atoms with Crippen molar-refractivity contribution in [3.05, 3.63) is 47.4 Å². The van der Waals surface area contributed by atoms with Gasteiger partial charge in [0.25, 0.3) is 0 Å². The number of ether oxygens (including phenoxy) is 1. The molecule has 6 nitrogen and oxygen atoms in total. The first-order valence-electron chi connectivity index (χ1n) is 8.26. The van der Waals surface area contributed by atoms with Crippen molar-refractivity contribution in [1.82, 2.24) is 10.6 Å². The van der Waals surface area contributed by atoms with Crippen molar-refractivity contribution < 1.29 is 9.15 Å². The summed E-state index contributed by atoms with van der Waals surface area (Å²) in [6, 6.07) is 7.94. The van der Waals surface area contributed by atoms with Crippen LogP contribution in [0.1, 0.15) is 12.0 Å². The second-order valence-electron chi connectivity index (χ2n) is 5.95. The molecule has 134 valence electrons. The van der Waals surface area contributed by atoms with Gasteiger partial charge in [-0.15, -0.1) is 0 Å². The summed E-state index contributed by atoms with van der Waals surface area (Å²) in [4.78, 5) is 6.58. The fourth-order valence-corrected chi connectivity index (χ4v) is 3.14. The Morgan fingerprint density at radius 2 is 2.32 bits per heavy atom. The number of methoxy groups -OCH3 is 1. The van der Waals surface area contributed by atoms with Crippen molar-refractivity contribution >= 4 is 23.2 Å². The van der Waals surface area contributed by atoms with Gasteiger partial charge >= 0.3 is 0 Å². The summed E-state index contributed by atoms with van der Waals surface area (Å²) in [7, 11) is 3.46. The van der Waals surface area contributed by atoms with Crippen LogP contribution in [0.5, 0.6) is 5.75 Å². The van der Waals surface area contributed by atoms with Gasteiger partial charge in [-0.25, -0.2) is 0 Å². The van der Waals surface area contributed by atoms with Crippen molar-refractivity contribution in [3.63, 3.8) is 0 Å². The van der Waals surface area contributed by atoms with E-state index in [2.05, 4.69) is 20.5 Å². The van der Waals surface area contributed by atoms with Crippen LogP contribution in [-0.4, -0.2) is 39.2 Å². The van der Waals surface area contributed by atoms with Crippen LogP contribution in [0.25, 0.3) is 0 Å². The fraction of sp³-hybridized carbons (Fsp3) is 0.389. The van der Waals surface area contributed by atoms with Crippen molar-refractivity contribution in [1.29, 1.82) is 0 Å². The van der Waals surface area contributed by atoms with Gasteiger partial charge in [-0.3, -0.25) is 4.99 Å². The molecule has 0 saturated carbocycles. The van der Waals surface area contributed by atoms with E-state index in [-0.39, 0.29) is 0 Å². The van der Waals surface area contributed by atoms with Crippen LogP contribution in [0.4, 0.5) is 5.69 Å². The minimum absolute atomic E-state index is 0.305. The van der Waals surface area contributed by atoms with Gasteiger partial charge in [-0.1, -0.05) is 11.6 Å². The molecule has 2 N–H and O–H groups in total. The number of hydrogen-bond acceptors (Lipinski definition) is 4. The Morgan fingerprint density at radius 3 is 3.04 bits per heavy atom. The summed E-state index contributed by atoms with van der Waals surface area (Å²) in [5.41, 5.74) is 2.11. The number of nitrogens with zero attached hydrogens (tertiary/aromatic N) is 2. The number of hydrogen-bond donors (Lipinski definition) is 2. The SMILES string of the molecule is CN=C(NCc1ccoc1)NC1CCN(c2cc(Cl)ccc2OC)C1. The molecule has 1 atom stereocenters. The zero-order valence-electron chi connectivity index (χ0n) is 14.5. The minimum atomic E-state index is 0.305. The van der Waals surface area contributed by atoms with Crippen LogP contribution in [0.3, 0.4) is 0 Å². The number of rotatable bonds is 5. The number of guanidine groups is 1. The highest BCUT2D eigenvalue weighted by molar-refractivity contribution is 6.30. The van der Waals surface area contributed by atoms with Gasteiger partial charge in [0, 0.05) is 43.3 Å². The summed E-state index contributed by atoms with van der Waals surface area (Å²) in [5.74, 6) is 1.62. The maximum Gasteiger partial charge on any atom is 0.191 e. The highest BCUT2D eigenvalue weighted by Crippen LogP contribution is 2.33. The quantitative estimate of drug-likeness (QED) is 0.632. The first-order valence-corrected chi connectivity index (χ1v) is 8.64. The van der Waals surface area contributed by atoms with Gasteiger partial charge in [0.2, 0.25) is 0 Å². The number of aliphatic imine (C=N–C) groups is 1. The summed E-state index contributed by atoms with van der Waals surface area (Å²) >= 11 is 6.15. The standard InChI is InChI=1S/C18H23ClN4O2/c1-20-18(21-10-13-6-8-25-12-13)22-15-5-7-23(11-15)16-9-14(19)3-4-17(16)24-2/h3-4,6,8-9,12,15H,5,7,10-11H2,1-2H3,(H2,20,21,22). The zero-order chi connectivity index (χ0) is 17.6. The second-order valence-corrected chi connectivity index (χ2v) is 6.39. The van der Waals surface area contributed by atoms with E-state index in [4.69, 9.17) is 20.8 Å². The molecule has 0 aliphatic carbocycles. The lowest BCUT2D eigenvalue weighted by Crippen LogP contribution is -2.44. The normalized spacial score (nSPS) is 17.6. The summed E-state index contributed by atoms with van der Waals surface area (Å²) in [6.45, 7) is 2.48. The average molecular weight is 363 g/mol. The molecule has 0 radical (unpaired) electrons. The van der Waals surface area contributed by atoms with Gasteiger partial charge < -0.3 is 24.7 Å². The van der Waals surface area contributed by atoms with Gasteiger partial charge in [0.15, 0.2) is 5.96 Å². The van der Waals surface area contributed by atoms with Crippen molar-refractivity contribution in [2.75, 3.05) is 32.1 Å². The van der Waals surface area contributed by atoms with Crippen LogP contribution in [0, 0.1) is 0 Å². The maximum atomic E-state index is 6.15. The first kappa shape index (κ1) is 17.5. The third kappa shape index (κ3) is 4.39.